The maximum absolute atomic E-state index is 5.98. The molecule has 0 unspecified atom stereocenters. The molecule has 0 aliphatic heterocycles. The Morgan fingerprint density at radius 3 is 2.88 bits per heavy atom. The Bertz CT molecular complexity index is 487. The van der Waals surface area contributed by atoms with Crippen molar-refractivity contribution in [1.29, 1.82) is 0 Å². The molecule has 2 N–H and O–H groups in total. The molecule has 1 aromatic carbocycles. The van der Waals surface area contributed by atoms with Crippen LogP contribution in [-0.2, 0) is 13.0 Å². The highest BCUT2D eigenvalue weighted by atomic mass is 35.5. The average molecular weight is 269 g/mol. The molecule has 1 aromatic heterocycles. The molecule has 0 spiro atoms. The molecule has 2 aromatic rings. The van der Waals surface area contributed by atoms with Gasteiger partial charge in [0.1, 0.15) is 5.75 Å². The Kier molecular flexibility index (Phi) is 4.36. The second kappa shape index (κ2) is 6.00. The molecule has 0 atom stereocenters. The zero-order chi connectivity index (χ0) is 12.1. The summed E-state index contributed by atoms with van der Waals surface area (Å²) in [4.78, 5) is 5.36. The first kappa shape index (κ1) is 12.4. The van der Waals surface area contributed by atoms with Crippen LogP contribution in [0.15, 0.2) is 30.5 Å². The minimum absolute atomic E-state index is 0.545. The molecule has 0 fully saturated rings. The molecule has 3 nitrogen and oxygen atoms in total. The second-order valence-electron chi connectivity index (χ2n) is 3.45. The number of halogens is 1. The summed E-state index contributed by atoms with van der Waals surface area (Å²) in [5.41, 5.74) is 5.52. The Labute approximate surface area is 109 Å². The van der Waals surface area contributed by atoms with Gasteiger partial charge in [0.25, 0.3) is 0 Å². The van der Waals surface area contributed by atoms with Gasteiger partial charge >= 0.3 is 0 Å². The SMILES string of the molecule is NCc1cnc(CCOc2ccccc2Cl)s1. The van der Waals surface area contributed by atoms with Crippen LogP contribution >= 0.6 is 22.9 Å². The first-order valence-electron chi connectivity index (χ1n) is 5.30. The van der Waals surface area contributed by atoms with E-state index in [1.807, 2.05) is 30.5 Å². The van der Waals surface area contributed by atoms with Crippen molar-refractivity contribution in [3.63, 3.8) is 0 Å². The number of nitrogens with two attached hydrogens (primary N) is 1. The maximum atomic E-state index is 5.98. The van der Waals surface area contributed by atoms with Crippen LogP contribution in [0.5, 0.6) is 5.75 Å². The normalized spacial score (nSPS) is 10.5. The quantitative estimate of drug-likeness (QED) is 0.907. The minimum atomic E-state index is 0.545. The van der Waals surface area contributed by atoms with E-state index < -0.39 is 0 Å². The van der Waals surface area contributed by atoms with Crippen molar-refractivity contribution in [2.45, 2.75) is 13.0 Å². The van der Waals surface area contributed by atoms with Gasteiger partial charge in [-0.2, -0.15) is 0 Å². The zero-order valence-electron chi connectivity index (χ0n) is 9.23. The van der Waals surface area contributed by atoms with Gasteiger partial charge in [-0.25, -0.2) is 4.98 Å². The molecule has 90 valence electrons. The Hall–Kier alpha value is -1.10. The van der Waals surface area contributed by atoms with Gasteiger partial charge < -0.3 is 10.5 Å². The van der Waals surface area contributed by atoms with Gasteiger partial charge in [0, 0.05) is 24.0 Å². The van der Waals surface area contributed by atoms with Crippen LogP contribution in [0.25, 0.3) is 0 Å². The number of hydrogen-bond donors (Lipinski definition) is 1. The Morgan fingerprint density at radius 2 is 2.18 bits per heavy atom. The lowest BCUT2D eigenvalue weighted by Crippen LogP contribution is -2.01. The number of hydrogen-bond acceptors (Lipinski definition) is 4. The van der Waals surface area contributed by atoms with Crippen molar-refractivity contribution >= 4 is 22.9 Å². The lowest BCUT2D eigenvalue weighted by Gasteiger charge is -2.06. The highest BCUT2D eigenvalue weighted by Crippen LogP contribution is 2.23. The van der Waals surface area contributed by atoms with E-state index in [0.29, 0.717) is 23.9 Å². The molecule has 0 aliphatic carbocycles. The Morgan fingerprint density at radius 1 is 1.35 bits per heavy atom. The fraction of sp³-hybridized carbons (Fsp3) is 0.250. The lowest BCUT2D eigenvalue weighted by molar-refractivity contribution is 0.322. The van der Waals surface area contributed by atoms with Crippen molar-refractivity contribution in [2.24, 2.45) is 5.73 Å². The molecule has 0 saturated heterocycles. The highest BCUT2D eigenvalue weighted by Gasteiger charge is 2.03. The Balaban J connectivity index is 1.85. The van der Waals surface area contributed by atoms with E-state index >= 15 is 0 Å². The van der Waals surface area contributed by atoms with E-state index in [2.05, 4.69) is 4.98 Å². The fourth-order valence-electron chi connectivity index (χ4n) is 1.37. The first-order valence-corrected chi connectivity index (χ1v) is 6.50. The van der Waals surface area contributed by atoms with Crippen LogP contribution in [0, 0.1) is 0 Å². The standard InChI is InChI=1S/C12H13ClN2OS/c13-10-3-1-2-4-11(10)16-6-5-12-15-8-9(7-14)17-12/h1-4,8H,5-7,14H2. The van der Waals surface area contributed by atoms with Gasteiger partial charge in [-0.3, -0.25) is 0 Å². The minimum Gasteiger partial charge on any atom is -0.492 e. The number of ether oxygens (including phenoxy) is 1. The molecule has 17 heavy (non-hydrogen) atoms. The summed E-state index contributed by atoms with van der Waals surface area (Å²) in [6.07, 6.45) is 2.59. The molecule has 1 heterocycles. The van der Waals surface area contributed by atoms with Crippen molar-refractivity contribution in [2.75, 3.05) is 6.61 Å². The number of aromatic nitrogens is 1. The predicted molar refractivity (Wildman–Crippen MR) is 70.7 cm³/mol. The van der Waals surface area contributed by atoms with E-state index in [1.54, 1.807) is 11.3 Å². The van der Waals surface area contributed by atoms with Gasteiger partial charge in [-0.05, 0) is 12.1 Å². The van der Waals surface area contributed by atoms with Crippen LogP contribution < -0.4 is 10.5 Å². The van der Waals surface area contributed by atoms with Gasteiger partial charge in [0.05, 0.1) is 16.6 Å². The van der Waals surface area contributed by atoms with Crippen molar-refractivity contribution < 1.29 is 4.74 Å². The third-order valence-corrected chi connectivity index (χ3v) is 3.60. The van der Waals surface area contributed by atoms with E-state index in [0.717, 1.165) is 16.3 Å². The monoisotopic (exact) mass is 268 g/mol. The zero-order valence-corrected chi connectivity index (χ0v) is 10.8. The molecule has 5 heteroatoms. The average Bonchev–Trinajstić information content (AvgIpc) is 2.80. The van der Waals surface area contributed by atoms with Crippen LogP contribution in [-0.4, -0.2) is 11.6 Å². The van der Waals surface area contributed by atoms with Gasteiger partial charge in [-0.15, -0.1) is 11.3 Å². The van der Waals surface area contributed by atoms with E-state index in [4.69, 9.17) is 22.1 Å². The summed E-state index contributed by atoms with van der Waals surface area (Å²) in [6.45, 7) is 1.12. The fourth-order valence-corrected chi connectivity index (χ4v) is 2.34. The summed E-state index contributed by atoms with van der Waals surface area (Å²) in [7, 11) is 0. The first-order chi connectivity index (χ1) is 8.29. The van der Waals surface area contributed by atoms with Crippen molar-refractivity contribution in [1.82, 2.24) is 4.98 Å². The van der Waals surface area contributed by atoms with Crippen LogP contribution in [0.4, 0.5) is 0 Å². The topological polar surface area (TPSA) is 48.1 Å². The third-order valence-electron chi connectivity index (χ3n) is 2.21. The molecular formula is C12H13ClN2OS. The van der Waals surface area contributed by atoms with Crippen LogP contribution in [0.3, 0.4) is 0 Å². The number of rotatable bonds is 5. The van der Waals surface area contributed by atoms with E-state index in [9.17, 15) is 0 Å². The molecule has 0 radical (unpaired) electrons. The molecule has 2 rings (SSSR count). The van der Waals surface area contributed by atoms with Gasteiger partial charge in [0.2, 0.25) is 0 Å². The molecule has 0 aliphatic rings. The molecule has 0 bridgehead atoms. The van der Waals surface area contributed by atoms with Gasteiger partial charge in [-0.1, -0.05) is 23.7 Å². The summed E-state index contributed by atoms with van der Waals surface area (Å²) in [6, 6.07) is 7.45. The van der Waals surface area contributed by atoms with E-state index in [-0.39, 0.29) is 0 Å². The van der Waals surface area contributed by atoms with Crippen molar-refractivity contribution in [3.05, 3.63) is 45.4 Å². The highest BCUT2D eigenvalue weighted by molar-refractivity contribution is 7.11. The summed E-state index contributed by atoms with van der Waals surface area (Å²) >= 11 is 7.60. The summed E-state index contributed by atoms with van der Waals surface area (Å²) in [5, 5.41) is 1.67. The molecule has 0 amide bonds. The summed E-state index contributed by atoms with van der Waals surface area (Å²) < 4.78 is 5.59. The number of nitrogens with zero attached hydrogens (tertiary/aromatic N) is 1. The van der Waals surface area contributed by atoms with Gasteiger partial charge in [0.15, 0.2) is 0 Å². The summed E-state index contributed by atoms with van der Waals surface area (Å²) in [5.74, 6) is 0.713. The van der Waals surface area contributed by atoms with Crippen LogP contribution in [0.2, 0.25) is 5.02 Å². The predicted octanol–water partition coefficient (Wildman–Crippen LogP) is 2.88. The van der Waals surface area contributed by atoms with Crippen LogP contribution in [0.1, 0.15) is 9.88 Å². The van der Waals surface area contributed by atoms with E-state index in [1.165, 1.54) is 0 Å². The largest absolute Gasteiger partial charge is 0.492 e. The number of benzene rings is 1. The second-order valence-corrected chi connectivity index (χ2v) is 5.06. The molecular weight excluding hydrogens is 256 g/mol. The number of para-hydroxylation sites is 1. The lowest BCUT2D eigenvalue weighted by atomic mass is 10.3. The molecule has 0 saturated carbocycles. The smallest absolute Gasteiger partial charge is 0.137 e. The number of thiazole rings is 1. The maximum Gasteiger partial charge on any atom is 0.137 e. The third kappa shape index (κ3) is 3.43. The van der Waals surface area contributed by atoms with Crippen molar-refractivity contribution in [3.8, 4) is 5.75 Å².